The number of carbonyl (C=O) groups excluding carboxylic acids is 1. The van der Waals surface area contributed by atoms with E-state index in [1.807, 2.05) is 18.0 Å². The number of nitrogens with one attached hydrogen (secondary N) is 2. The maximum absolute atomic E-state index is 12.3. The van der Waals surface area contributed by atoms with Crippen molar-refractivity contribution in [3.05, 3.63) is 17.5 Å². The predicted molar refractivity (Wildman–Crippen MR) is 83.3 cm³/mol. The average molecular weight is 293 g/mol. The lowest BCUT2D eigenvalue weighted by Gasteiger charge is -2.43. The Labute approximate surface area is 126 Å². The summed E-state index contributed by atoms with van der Waals surface area (Å²) in [6, 6.07) is 0.712. The van der Waals surface area contributed by atoms with Gasteiger partial charge in [-0.05, 0) is 46.2 Å². The zero-order chi connectivity index (χ0) is 15.4. The SMILES string of the molecule is Cc1[nH]ncc1CCCNC(=O)N1CCN(C)[C@H](C)[C@@H]1C. The van der Waals surface area contributed by atoms with Gasteiger partial charge in [-0.15, -0.1) is 0 Å². The van der Waals surface area contributed by atoms with Crippen LogP contribution in [0.25, 0.3) is 0 Å². The summed E-state index contributed by atoms with van der Waals surface area (Å²) < 4.78 is 0. The number of rotatable bonds is 4. The minimum atomic E-state index is 0.0614. The third-order valence-corrected chi connectivity index (χ3v) is 4.67. The Kier molecular flexibility index (Phi) is 5.22. The van der Waals surface area contributed by atoms with E-state index in [0.29, 0.717) is 12.6 Å². The fourth-order valence-electron chi connectivity index (χ4n) is 2.79. The molecule has 1 saturated heterocycles. The maximum Gasteiger partial charge on any atom is 0.317 e. The van der Waals surface area contributed by atoms with Crippen molar-refractivity contribution in [2.24, 2.45) is 0 Å². The van der Waals surface area contributed by atoms with Gasteiger partial charge in [0.05, 0.1) is 6.20 Å². The van der Waals surface area contributed by atoms with Crippen LogP contribution in [0.5, 0.6) is 0 Å². The summed E-state index contributed by atoms with van der Waals surface area (Å²) >= 11 is 0. The van der Waals surface area contributed by atoms with Crippen molar-refractivity contribution in [1.82, 2.24) is 25.3 Å². The van der Waals surface area contributed by atoms with Gasteiger partial charge in [-0.25, -0.2) is 4.79 Å². The Morgan fingerprint density at radius 2 is 2.19 bits per heavy atom. The molecule has 1 aromatic heterocycles. The van der Waals surface area contributed by atoms with Gasteiger partial charge >= 0.3 is 6.03 Å². The molecule has 2 heterocycles. The fourth-order valence-corrected chi connectivity index (χ4v) is 2.79. The summed E-state index contributed by atoms with van der Waals surface area (Å²) in [5.74, 6) is 0. The number of likely N-dealkylation sites (N-methyl/N-ethyl adjacent to an activating group) is 1. The Hall–Kier alpha value is -1.56. The van der Waals surface area contributed by atoms with E-state index in [1.54, 1.807) is 0 Å². The smallest absolute Gasteiger partial charge is 0.317 e. The normalized spacial score (nSPS) is 23.3. The zero-order valence-corrected chi connectivity index (χ0v) is 13.5. The summed E-state index contributed by atoms with van der Waals surface area (Å²) in [6.45, 7) is 8.76. The Balaban J connectivity index is 1.73. The topological polar surface area (TPSA) is 64.3 Å². The summed E-state index contributed by atoms with van der Waals surface area (Å²) in [4.78, 5) is 16.5. The number of hydrogen-bond acceptors (Lipinski definition) is 3. The number of hydrogen-bond donors (Lipinski definition) is 2. The summed E-state index contributed by atoms with van der Waals surface area (Å²) in [7, 11) is 2.11. The number of nitrogens with zero attached hydrogens (tertiary/aromatic N) is 3. The van der Waals surface area contributed by atoms with Crippen LogP contribution >= 0.6 is 0 Å². The first kappa shape index (κ1) is 15.8. The van der Waals surface area contributed by atoms with E-state index < -0.39 is 0 Å². The van der Waals surface area contributed by atoms with E-state index in [0.717, 1.165) is 31.6 Å². The molecular formula is C15H27N5O. The van der Waals surface area contributed by atoms with Crippen molar-refractivity contribution in [2.75, 3.05) is 26.7 Å². The molecule has 0 unspecified atom stereocenters. The number of aryl methyl sites for hydroxylation is 2. The summed E-state index contributed by atoms with van der Waals surface area (Å²) in [5.41, 5.74) is 2.34. The molecule has 1 aromatic rings. The van der Waals surface area contributed by atoms with Crippen molar-refractivity contribution in [1.29, 1.82) is 0 Å². The second kappa shape index (κ2) is 6.93. The molecule has 21 heavy (non-hydrogen) atoms. The summed E-state index contributed by atoms with van der Waals surface area (Å²) in [6.07, 6.45) is 3.74. The van der Waals surface area contributed by atoms with Crippen molar-refractivity contribution in [2.45, 2.75) is 45.7 Å². The lowest BCUT2D eigenvalue weighted by atomic mass is 10.1. The molecule has 6 nitrogen and oxygen atoms in total. The van der Waals surface area contributed by atoms with Crippen molar-refractivity contribution in [3.8, 4) is 0 Å². The molecular weight excluding hydrogens is 266 g/mol. The van der Waals surface area contributed by atoms with Gasteiger partial charge in [0.15, 0.2) is 0 Å². The molecule has 0 aromatic carbocycles. The lowest BCUT2D eigenvalue weighted by molar-refractivity contribution is 0.0741. The van der Waals surface area contributed by atoms with E-state index in [-0.39, 0.29) is 12.1 Å². The van der Waals surface area contributed by atoms with E-state index in [1.165, 1.54) is 5.56 Å². The van der Waals surface area contributed by atoms with E-state index in [9.17, 15) is 4.79 Å². The lowest BCUT2D eigenvalue weighted by Crippen LogP contribution is -2.59. The van der Waals surface area contributed by atoms with Crippen LogP contribution in [0, 0.1) is 6.92 Å². The third-order valence-electron chi connectivity index (χ3n) is 4.67. The first-order valence-electron chi connectivity index (χ1n) is 7.74. The number of piperazine rings is 1. The molecule has 2 amide bonds. The molecule has 2 rings (SSSR count). The Bertz CT molecular complexity index is 472. The number of urea groups is 1. The minimum absolute atomic E-state index is 0.0614. The molecule has 0 radical (unpaired) electrons. The molecule has 1 aliphatic heterocycles. The van der Waals surface area contributed by atoms with Gasteiger partial charge in [-0.2, -0.15) is 5.10 Å². The van der Waals surface area contributed by atoms with Gasteiger partial charge in [-0.3, -0.25) is 10.00 Å². The highest BCUT2D eigenvalue weighted by Crippen LogP contribution is 2.15. The van der Waals surface area contributed by atoms with Crippen LogP contribution in [-0.4, -0.2) is 64.8 Å². The van der Waals surface area contributed by atoms with Gasteiger partial charge in [0, 0.05) is 37.4 Å². The molecule has 1 aliphatic rings. The quantitative estimate of drug-likeness (QED) is 0.825. The van der Waals surface area contributed by atoms with Crippen LogP contribution in [0.3, 0.4) is 0 Å². The number of amides is 2. The van der Waals surface area contributed by atoms with Crippen LogP contribution in [0.1, 0.15) is 31.5 Å². The zero-order valence-electron chi connectivity index (χ0n) is 13.5. The first-order chi connectivity index (χ1) is 10.0. The molecule has 2 N–H and O–H groups in total. The number of H-pyrrole nitrogens is 1. The number of aromatic nitrogens is 2. The highest BCUT2D eigenvalue weighted by atomic mass is 16.2. The average Bonchev–Trinajstić information content (AvgIpc) is 2.86. The molecule has 0 aliphatic carbocycles. The van der Waals surface area contributed by atoms with E-state index in [2.05, 4.69) is 41.3 Å². The van der Waals surface area contributed by atoms with Gasteiger partial charge in [0.1, 0.15) is 0 Å². The highest BCUT2D eigenvalue weighted by molar-refractivity contribution is 5.74. The molecule has 6 heteroatoms. The summed E-state index contributed by atoms with van der Waals surface area (Å²) in [5, 5.41) is 9.98. The van der Waals surface area contributed by atoms with Crippen LogP contribution in [0.4, 0.5) is 4.79 Å². The molecule has 0 spiro atoms. The Morgan fingerprint density at radius 3 is 2.86 bits per heavy atom. The second-order valence-electron chi connectivity index (χ2n) is 6.01. The van der Waals surface area contributed by atoms with Gasteiger partial charge < -0.3 is 10.2 Å². The molecule has 1 fully saturated rings. The van der Waals surface area contributed by atoms with E-state index in [4.69, 9.17) is 0 Å². The monoisotopic (exact) mass is 293 g/mol. The van der Waals surface area contributed by atoms with Crippen LogP contribution in [0.15, 0.2) is 6.20 Å². The molecule has 2 atom stereocenters. The fraction of sp³-hybridized carbons (Fsp3) is 0.733. The minimum Gasteiger partial charge on any atom is -0.338 e. The maximum atomic E-state index is 12.3. The van der Waals surface area contributed by atoms with Crippen molar-refractivity contribution >= 4 is 6.03 Å². The first-order valence-corrected chi connectivity index (χ1v) is 7.74. The van der Waals surface area contributed by atoms with Crippen LogP contribution < -0.4 is 5.32 Å². The second-order valence-corrected chi connectivity index (χ2v) is 6.01. The van der Waals surface area contributed by atoms with Gasteiger partial charge in [-0.1, -0.05) is 0 Å². The standard InChI is InChI=1S/C15H27N5O/c1-11-14(10-17-18-11)6-5-7-16-15(21)20-9-8-19(4)12(2)13(20)3/h10,12-13H,5-9H2,1-4H3,(H,16,21)(H,17,18)/t12-,13+/m1/s1. The largest absolute Gasteiger partial charge is 0.338 e. The van der Waals surface area contributed by atoms with Gasteiger partial charge in [0.2, 0.25) is 0 Å². The van der Waals surface area contributed by atoms with Crippen LogP contribution in [-0.2, 0) is 6.42 Å². The highest BCUT2D eigenvalue weighted by Gasteiger charge is 2.31. The third kappa shape index (κ3) is 3.75. The predicted octanol–water partition coefficient (Wildman–Crippen LogP) is 1.38. The molecule has 118 valence electrons. The molecule has 0 saturated carbocycles. The van der Waals surface area contributed by atoms with Gasteiger partial charge in [0.25, 0.3) is 0 Å². The van der Waals surface area contributed by atoms with Crippen molar-refractivity contribution in [3.63, 3.8) is 0 Å². The number of carbonyl (C=O) groups is 1. The number of aromatic amines is 1. The van der Waals surface area contributed by atoms with Crippen molar-refractivity contribution < 1.29 is 4.79 Å². The van der Waals surface area contributed by atoms with Crippen LogP contribution in [0.2, 0.25) is 0 Å². The molecule has 0 bridgehead atoms. The van der Waals surface area contributed by atoms with E-state index >= 15 is 0 Å². The Morgan fingerprint density at radius 1 is 1.43 bits per heavy atom.